The van der Waals surface area contributed by atoms with Crippen LogP contribution in [0, 0.1) is 11.8 Å². The van der Waals surface area contributed by atoms with Crippen LogP contribution < -0.4 is 25.8 Å². The van der Waals surface area contributed by atoms with Crippen molar-refractivity contribution in [2.24, 2.45) is 17.6 Å². The minimum absolute atomic E-state index is 0.238. The van der Waals surface area contributed by atoms with Crippen LogP contribution in [0.25, 0.3) is 0 Å². The molecule has 0 aliphatic heterocycles. The van der Waals surface area contributed by atoms with E-state index in [9.17, 15) is 8.42 Å². The zero-order chi connectivity index (χ0) is 23.8. The first-order valence-electron chi connectivity index (χ1n) is 11.5. The number of rotatable bonds is 11. The third kappa shape index (κ3) is 6.75. The van der Waals surface area contributed by atoms with Crippen LogP contribution >= 0.6 is 0 Å². The van der Waals surface area contributed by atoms with Crippen molar-refractivity contribution in [2.45, 2.75) is 50.5 Å². The van der Waals surface area contributed by atoms with Gasteiger partial charge in [0.05, 0.1) is 18.0 Å². The van der Waals surface area contributed by atoms with E-state index < -0.39 is 10.0 Å². The van der Waals surface area contributed by atoms with Crippen LogP contribution in [0.5, 0.6) is 5.75 Å². The van der Waals surface area contributed by atoms with Gasteiger partial charge in [-0.25, -0.2) is 13.1 Å². The standard InChI is InChI=1S/C22H35N7O3S/c1-4-24-21-27-20(28-22(29-21)25-5-2)19(23)16-8-6-15(7-9-16)14-26-33(30,31)18-12-10-17(32-3)11-13-18/h10-13,15-16,19,26H,4-9,14,23H2,1-3H3,(H2,24,25,27,28,29). The summed E-state index contributed by atoms with van der Waals surface area (Å²) in [7, 11) is -2.00. The summed E-state index contributed by atoms with van der Waals surface area (Å²) in [6.07, 6.45) is 3.59. The Morgan fingerprint density at radius 3 is 2.09 bits per heavy atom. The lowest BCUT2D eigenvalue weighted by molar-refractivity contribution is 0.240. The summed E-state index contributed by atoms with van der Waals surface area (Å²) in [5.41, 5.74) is 6.56. The number of hydrogen-bond acceptors (Lipinski definition) is 9. The first-order valence-corrected chi connectivity index (χ1v) is 13.0. The fourth-order valence-corrected chi connectivity index (χ4v) is 5.16. The molecule has 33 heavy (non-hydrogen) atoms. The van der Waals surface area contributed by atoms with Gasteiger partial charge >= 0.3 is 0 Å². The highest BCUT2D eigenvalue weighted by Gasteiger charge is 2.29. The molecule has 1 fully saturated rings. The maximum Gasteiger partial charge on any atom is 0.240 e. The van der Waals surface area contributed by atoms with Crippen molar-refractivity contribution in [1.82, 2.24) is 19.7 Å². The molecule has 0 spiro atoms. The maximum atomic E-state index is 12.6. The Morgan fingerprint density at radius 1 is 1.00 bits per heavy atom. The third-order valence-corrected chi connectivity index (χ3v) is 7.39. The Labute approximate surface area is 196 Å². The average Bonchev–Trinajstić information content (AvgIpc) is 2.83. The van der Waals surface area contributed by atoms with Gasteiger partial charge < -0.3 is 21.1 Å². The van der Waals surface area contributed by atoms with Crippen LogP contribution in [0.4, 0.5) is 11.9 Å². The molecule has 1 atom stereocenters. The summed E-state index contributed by atoms with van der Waals surface area (Å²) in [5.74, 6) is 2.77. The number of nitrogens with one attached hydrogen (secondary N) is 3. The van der Waals surface area contributed by atoms with Crippen molar-refractivity contribution in [3.05, 3.63) is 30.1 Å². The number of sulfonamides is 1. The van der Waals surface area contributed by atoms with Gasteiger partial charge in [-0.3, -0.25) is 0 Å². The number of anilines is 2. The second kappa shape index (κ2) is 11.6. The number of nitrogens with zero attached hydrogens (tertiary/aromatic N) is 3. The highest BCUT2D eigenvalue weighted by Crippen LogP contribution is 2.35. The van der Waals surface area contributed by atoms with E-state index in [4.69, 9.17) is 10.5 Å². The SMILES string of the molecule is CCNc1nc(NCC)nc(C(N)C2CCC(CNS(=O)(=O)c3ccc(OC)cc3)CC2)n1. The summed E-state index contributed by atoms with van der Waals surface area (Å²) in [4.78, 5) is 13.6. The van der Waals surface area contributed by atoms with Crippen LogP contribution in [0.1, 0.15) is 51.4 Å². The van der Waals surface area contributed by atoms with Gasteiger partial charge in [0.2, 0.25) is 21.9 Å². The predicted molar refractivity (Wildman–Crippen MR) is 129 cm³/mol. The molecule has 5 N–H and O–H groups in total. The highest BCUT2D eigenvalue weighted by molar-refractivity contribution is 7.89. The predicted octanol–water partition coefficient (Wildman–Crippen LogP) is 2.53. The van der Waals surface area contributed by atoms with Gasteiger partial charge in [0.1, 0.15) is 5.75 Å². The maximum absolute atomic E-state index is 12.6. The molecule has 1 aromatic carbocycles. The number of benzene rings is 1. The van der Waals surface area contributed by atoms with Crippen molar-refractivity contribution in [3.8, 4) is 5.75 Å². The molecule has 1 aromatic heterocycles. The third-order valence-electron chi connectivity index (χ3n) is 5.95. The minimum atomic E-state index is -3.55. The Hall–Kier alpha value is -2.50. The summed E-state index contributed by atoms with van der Waals surface area (Å²) >= 11 is 0. The van der Waals surface area contributed by atoms with Crippen molar-refractivity contribution >= 4 is 21.9 Å². The summed E-state index contributed by atoms with van der Waals surface area (Å²) in [6, 6.07) is 6.10. The molecule has 0 amide bonds. The molecule has 1 aliphatic rings. The van der Waals surface area contributed by atoms with Crippen LogP contribution in [-0.4, -0.2) is 50.1 Å². The summed E-state index contributed by atoms with van der Waals surface area (Å²) in [6.45, 7) is 5.81. The Bertz CT molecular complexity index is 969. The lowest BCUT2D eigenvalue weighted by Gasteiger charge is -2.31. The van der Waals surface area contributed by atoms with Gasteiger partial charge in [-0.1, -0.05) is 0 Å². The zero-order valence-electron chi connectivity index (χ0n) is 19.5. The van der Waals surface area contributed by atoms with Gasteiger partial charge in [-0.15, -0.1) is 0 Å². The molecule has 1 unspecified atom stereocenters. The summed E-state index contributed by atoms with van der Waals surface area (Å²) < 4.78 is 33.0. The first kappa shape index (κ1) is 25.1. The van der Waals surface area contributed by atoms with Crippen LogP contribution in [0.15, 0.2) is 29.2 Å². The summed E-state index contributed by atoms with van der Waals surface area (Å²) in [5, 5.41) is 6.26. The highest BCUT2D eigenvalue weighted by atomic mass is 32.2. The topological polar surface area (TPSA) is 144 Å². The largest absolute Gasteiger partial charge is 0.497 e. The number of aromatic nitrogens is 3. The van der Waals surface area contributed by atoms with Crippen molar-refractivity contribution in [3.63, 3.8) is 0 Å². The van der Waals surface area contributed by atoms with E-state index in [-0.39, 0.29) is 22.8 Å². The van der Waals surface area contributed by atoms with E-state index in [1.54, 1.807) is 31.4 Å². The minimum Gasteiger partial charge on any atom is -0.497 e. The fraction of sp³-hybridized carbons (Fsp3) is 0.591. The Balaban J connectivity index is 1.56. The van der Waals surface area contributed by atoms with E-state index in [0.29, 0.717) is 43.1 Å². The molecule has 10 nitrogen and oxygen atoms in total. The normalized spacial score (nSPS) is 19.6. The lowest BCUT2D eigenvalue weighted by Crippen LogP contribution is -2.33. The number of ether oxygens (including phenoxy) is 1. The zero-order valence-corrected chi connectivity index (χ0v) is 20.4. The van der Waals surface area contributed by atoms with Gasteiger partial charge in [0, 0.05) is 19.6 Å². The van der Waals surface area contributed by atoms with E-state index >= 15 is 0 Å². The second-order valence-corrected chi connectivity index (χ2v) is 10.0. The van der Waals surface area contributed by atoms with Gasteiger partial charge in [0.25, 0.3) is 0 Å². The Morgan fingerprint density at radius 2 is 1.58 bits per heavy atom. The molecule has 1 heterocycles. The van der Waals surface area contributed by atoms with Crippen LogP contribution in [0.2, 0.25) is 0 Å². The van der Waals surface area contributed by atoms with Crippen molar-refractivity contribution in [1.29, 1.82) is 0 Å². The van der Waals surface area contributed by atoms with Crippen LogP contribution in [0.3, 0.4) is 0 Å². The van der Waals surface area contributed by atoms with E-state index in [2.05, 4.69) is 30.3 Å². The lowest BCUT2D eigenvalue weighted by atomic mass is 9.78. The van der Waals surface area contributed by atoms with Gasteiger partial charge in [0.15, 0.2) is 5.82 Å². The van der Waals surface area contributed by atoms with E-state index in [1.165, 1.54) is 0 Å². The number of hydrogen-bond donors (Lipinski definition) is 4. The molecule has 0 radical (unpaired) electrons. The molecule has 0 bridgehead atoms. The van der Waals surface area contributed by atoms with Gasteiger partial charge in [-0.05, 0) is 75.6 Å². The van der Waals surface area contributed by atoms with Gasteiger partial charge in [-0.2, -0.15) is 15.0 Å². The molecular formula is C22H35N7O3S. The number of nitrogens with two attached hydrogens (primary N) is 1. The van der Waals surface area contributed by atoms with E-state index in [1.807, 2.05) is 13.8 Å². The second-order valence-electron chi connectivity index (χ2n) is 8.24. The molecule has 3 rings (SSSR count). The molecular weight excluding hydrogens is 442 g/mol. The quantitative estimate of drug-likeness (QED) is 0.384. The first-order chi connectivity index (χ1) is 15.9. The Kier molecular flexibility index (Phi) is 8.81. The van der Waals surface area contributed by atoms with E-state index in [0.717, 1.165) is 25.7 Å². The fourth-order valence-electron chi connectivity index (χ4n) is 4.04. The molecule has 1 aliphatic carbocycles. The molecule has 182 valence electrons. The molecule has 1 saturated carbocycles. The molecule has 2 aromatic rings. The van der Waals surface area contributed by atoms with Crippen molar-refractivity contribution < 1.29 is 13.2 Å². The molecule has 11 heteroatoms. The van der Waals surface area contributed by atoms with Crippen molar-refractivity contribution in [2.75, 3.05) is 37.4 Å². The molecule has 0 saturated heterocycles. The smallest absolute Gasteiger partial charge is 0.240 e. The monoisotopic (exact) mass is 477 g/mol. The van der Waals surface area contributed by atoms with Crippen LogP contribution in [-0.2, 0) is 10.0 Å². The number of methoxy groups -OCH3 is 1. The average molecular weight is 478 g/mol.